The Balaban J connectivity index is 1.37. The molecule has 1 aromatic heterocycles. The molecule has 3 aromatic rings. The summed E-state index contributed by atoms with van der Waals surface area (Å²) in [6, 6.07) is 8.71. The Morgan fingerprint density at radius 3 is 2.58 bits per heavy atom. The van der Waals surface area contributed by atoms with Crippen LogP contribution in [0.15, 0.2) is 45.9 Å². The Kier molecular flexibility index (Phi) is 6.27. The maximum Gasteiger partial charge on any atom is 0.310 e. The van der Waals surface area contributed by atoms with Gasteiger partial charge in [-0.15, -0.1) is 0 Å². The van der Waals surface area contributed by atoms with Gasteiger partial charge in [-0.25, -0.2) is 12.7 Å². The van der Waals surface area contributed by atoms with E-state index in [1.165, 1.54) is 31.3 Å². The molecule has 4 rings (SSSR count). The lowest BCUT2D eigenvalue weighted by Crippen LogP contribution is -2.24. The molecule has 0 radical (unpaired) electrons. The Bertz CT molecular complexity index is 1340. The summed E-state index contributed by atoms with van der Waals surface area (Å²) in [6.45, 7) is 1.20. The second-order valence-corrected chi connectivity index (χ2v) is 10.5. The minimum Gasteiger partial charge on any atom is -0.464 e. The van der Waals surface area contributed by atoms with Gasteiger partial charge < -0.3 is 14.5 Å². The number of furan rings is 1. The van der Waals surface area contributed by atoms with E-state index in [2.05, 4.69) is 11.4 Å². The van der Waals surface area contributed by atoms with E-state index in [1.807, 2.05) is 6.07 Å². The first-order valence-electron chi connectivity index (χ1n) is 10.7. The van der Waals surface area contributed by atoms with Gasteiger partial charge in [0.25, 0.3) is 5.91 Å². The quantitative estimate of drug-likeness (QED) is 0.532. The van der Waals surface area contributed by atoms with Crippen LogP contribution in [0, 0.1) is 6.92 Å². The van der Waals surface area contributed by atoms with E-state index in [4.69, 9.17) is 9.15 Å². The summed E-state index contributed by atoms with van der Waals surface area (Å²) < 4.78 is 36.7. The zero-order valence-corrected chi connectivity index (χ0v) is 19.6. The number of sulfonamides is 1. The zero-order valence-electron chi connectivity index (χ0n) is 18.8. The van der Waals surface area contributed by atoms with Gasteiger partial charge in [-0.3, -0.25) is 9.59 Å². The van der Waals surface area contributed by atoms with Crippen LogP contribution in [0.1, 0.15) is 28.7 Å². The molecule has 1 aliphatic rings. The first kappa shape index (κ1) is 23.0. The smallest absolute Gasteiger partial charge is 0.310 e. The van der Waals surface area contributed by atoms with Gasteiger partial charge in [-0.2, -0.15) is 0 Å². The highest BCUT2D eigenvalue weighted by molar-refractivity contribution is 7.89. The van der Waals surface area contributed by atoms with Crippen LogP contribution in [0.3, 0.4) is 0 Å². The Labute approximate surface area is 192 Å². The number of aryl methyl sites for hydroxylation is 3. The molecule has 174 valence electrons. The van der Waals surface area contributed by atoms with Crippen LogP contribution in [0.4, 0.5) is 5.69 Å². The van der Waals surface area contributed by atoms with Gasteiger partial charge in [0.15, 0.2) is 6.61 Å². The number of esters is 1. The molecule has 0 atom stereocenters. The topological polar surface area (TPSA) is 106 Å². The number of amides is 1. The van der Waals surface area contributed by atoms with Crippen molar-refractivity contribution in [1.29, 1.82) is 0 Å². The van der Waals surface area contributed by atoms with Crippen molar-refractivity contribution < 1.29 is 27.2 Å². The van der Waals surface area contributed by atoms with E-state index in [9.17, 15) is 18.0 Å². The molecule has 0 fully saturated rings. The van der Waals surface area contributed by atoms with Gasteiger partial charge in [-0.05, 0) is 67.1 Å². The lowest BCUT2D eigenvalue weighted by molar-refractivity contribution is -0.146. The summed E-state index contributed by atoms with van der Waals surface area (Å²) in [4.78, 5) is 24.7. The predicted molar refractivity (Wildman–Crippen MR) is 124 cm³/mol. The highest BCUT2D eigenvalue weighted by Crippen LogP contribution is 2.30. The molecule has 0 bridgehead atoms. The second kappa shape index (κ2) is 8.99. The molecule has 1 N–H and O–H groups in total. The lowest BCUT2D eigenvalue weighted by Gasteiger charge is -2.15. The van der Waals surface area contributed by atoms with Gasteiger partial charge in [0.1, 0.15) is 5.58 Å². The SMILES string of the molecule is Cc1ccc(NC(=O)COC(=O)Cc2coc3cc4c(cc23)CCC4)cc1S(=O)(=O)N(C)C. The summed E-state index contributed by atoms with van der Waals surface area (Å²) in [5.74, 6) is -1.11. The van der Waals surface area contributed by atoms with E-state index >= 15 is 0 Å². The molecule has 2 aromatic carbocycles. The number of nitrogens with one attached hydrogen (secondary N) is 1. The second-order valence-electron chi connectivity index (χ2n) is 8.38. The number of ether oxygens (including phenoxy) is 1. The first-order chi connectivity index (χ1) is 15.6. The van der Waals surface area contributed by atoms with Gasteiger partial charge >= 0.3 is 5.97 Å². The first-order valence-corrected chi connectivity index (χ1v) is 12.1. The standard InChI is InChI=1S/C24H26N2O6S/c1-15-7-8-19(12-22(15)33(29,30)26(2)3)25-23(27)14-32-24(28)11-18-13-31-21-10-17-6-4-5-16(17)9-20(18)21/h7-10,12-13H,4-6,11,14H2,1-3H3,(H,25,27). The van der Waals surface area contributed by atoms with Gasteiger partial charge in [-0.1, -0.05) is 6.07 Å². The van der Waals surface area contributed by atoms with E-state index < -0.39 is 28.5 Å². The normalized spacial score (nSPS) is 13.3. The van der Waals surface area contributed by atoms with Crippen molar-refractivity contribution in [2.75, 3.05) is 26.0 Å². The number of hydrogen-bond donors (Lipinski definition) is 1. The van der Waals surface area contributed by atoms with E-state index in [1.54, 1.807) is 25.3 Å². The maximum atomic E-state index is 12.4. The zero-order chi connectivity index (χ0) is 23.8. The number of fused-ring (bicyclic) bond motifs is 2. The van der Waals surface area contributed by atoms with Crippen LogP contribution >= 0.6 is 0 Å². The van der Waals surface area contributed by atoms with Crippen molar-refractivity contribution in [3.63, 3.8) is 0 Å². The maximum absolute atomic E-state index is 12.4. The predicted octanol–water partition coefficient (Wildman–Crippen LogP) is 3.20. The minimum atomic E-state index is -3.65. The molecule has 8 nitrogen and oxygen atoms in total. The summed E-state index contributed by atoms with van der Waals surface area (Å²) >= 11 is 0. The van der Waals surface area contributed by atoms with Crippen molar-refractivity contribution in [3.8, 4) is 0 Å². The fourth-order valence-electron chi connectivity index (χ4n) is 3.99. The van der Waals surface area contributed by atoms with Crippen LogP contribution < -0.4 is 5.32 Å². The number of nitrogens with zero attached hydrogens (tertiary/aromatic N) is 1. The Morgan fingerprint density at radius 2 is 1.85 bits per heavy atom. The fraction of sp³-hybridized carbons (Fsp3) is 0.333. The molecule has 0 spiro atoms. The number of carbonyl (C=O) groups excluding carboxylic acids is 2. The molecular weight excluding hydrogens is 444 g/mol. The molecule has 1 heterocycles. The third kappa shape index (κ3) is 4.79. The summed E-state index contributed by atoms with van der Waals surface area (Å²) in [6.07, 6.45) is 4.74. The third-order valence-electron chi connectivity index (χ3n) is 5.80. The minimum absolute atomic E-state index is 0.00513. The van der Waals surface area contributed by atoms with Crippen LogP contribution in [0.5, 0.6) is 0 Å². The number of carbonyl (C=O) groups is 2. The van der Waals surface area contributed by atoms with Gasteiger partial charge in [0.05, 0.1) is 17.6 Å². The van der Waals surface area contributed by atoms with E-state index in [0.717, 1.165) is 40.1 Å². The Hall–Kier alpha value is -3.17. The third-order valence-corrected chi connectivity index (χ3v) is 7.75. The summed E-state index contributed by atoms with van der Waals surface area (Å²) in [5.41, 5.74) is 4.91. The van der Waals surface area contributed by atoms with Crippen LogP contribution in [0.25, 0.3) is 11.0 Å². The molecule has 0 aliphatic heterocycles. The van der Waals surface area contributed by atoms with Crippen LogP contribution in [-0.2, 0) is 43.6 Å². The van der Waals surface area contributed by atoms with E-state index in [-0.39, 0.29) is 11.3 Å². The average molecular weight is 471 g/mol. The van der Waals surface area contributed by atoms with Gasteiger partial charge in [0, 0.05) is 30.7 Å². The highest BCUT2D eigenvalue weighted by atomic mass is 32.2. The molecule has 0 saturated carbocycles. The van der Waals surface area contributed by atoms with Crippen molar-refractivity contribution in [2.45, 2.75) is 37.5 Å². The van der Waals surface area contributed by atoms with E-state index in [0.29, 0.717) is 11.3 Å². The molecule has 1 aliphatic carbocycles. The molecule has 1 amide bonds. The fourth-order valence-corrected chi connectivity index (χ4v) is 5.13. The summed E-state index contributed by atoms with van der Waals surface area (Å²) in [5, 5.41) is 3.47. The number of hydrogen-bond acceptors (Lipinski definition) is 6. The van der Waals surface area contributed by atoms with Crippen LogP contribution in [-0.4, -0.2) is 45.3 Å². The van der Waals surface area contributed by atoms with Gasteiger partial charge in [0.2, 0.25) is 10.0 Å². The highest BCUT2D eigenvalue weighted by Gasteiger charge is 2.21. The molecule has 0 unspecified atom stereocenters. The lowest BCUT2D eigenvalue weighted by atomic mass is 10.0. The van der Waals surface area contributed by atoms with Crippen molar-refractivity contribution in [2.24, 2.45) is 0 Å². The number of benzene rings is 2. The molecular formula is C24H26N2O6S. The monoisotopic (exact) mass is 470 g/mol. The average Bonchev–Trinajstić information content (AvgIpc) is 3.38. The number of rotatable bonds is 7. The van der Waals surface area contributed by atoms with Crippen molar-refractivity contribution in [1.82, 2.24) is 4.31 Å². The van der Waals surface area contributed by atoms with Crippen LogP contribution in [0.2, 0.25) is 0 Å². The Morgan fingerprint density at radius 1 is 1.12 bits per heavy atom. The molecule has 0 saturated heterocycles. The summed E-state index contributed by atoms with van der Waals surface area (Å²) in [7, 11) is -0.774. The van der Waals surface area contributed by atoms with Crippen molar-refractivity contribution in [3.05, 3.63) is 58.8 Å². The number of anilines is 1. The molecule has 33 heavy (non-hydrogen) atoms. The largest absolute Gasteiger partial charge is 0.464 e. The van der Waals surface area contributed by atoms with Crippen molar-refractivity contribution >= 4 is 38.6 Å². The molecule has 9 heteroatoms.